The number of nitrogens with one attached hydrogen (secondary N) is 1. The van der Waals surface area contributed by atoms with Crippen LogP contribution in [0, 0.1) is 6.92 Å². The molecule has 1 aliphatic heterocycles. The Morgan fingerprint density at radius 1 is 1.30 bits per heavy atom. The van der Waals surface area contributed by atoms with Crippen LogP contribution in [-0.4, -0.2) is 53.2 Å². The van der Waals surface area contributed by atoms with Gasteiger partial charge in [0.15, 0.2) is 5.89 Å². The summed E-state index contributed by atoms with van der Waals surface area (Å²) in [4.78, 5) is 27.7. The number of carbonyl (C=O) groups excluding carboxylic acids is 1. The Labute approximate surface area is 158 Å². The van der Waals surface area contributed by atoms with Crippen LogP contribution in [0.15, 0.2) is 16.8 Å². The minimum atomic E-state index is -0.181. The minimum absolute atomic E-state index is 0.138. The molecule has 0 atom stereocenters. The second-order valence-electron chi connectivity index (χ2n) is 7.11. The Bertz CT molecular complexity index is 809. The fourth-order valence-electron chi connectivity index (χ4n) is 3.59. The zero-order valence-electron chi connectivity index (χ0n) is 15.8. The maximum atomic E-state index is 12.4. The first-order valence-electron chi connectivity index (χ1n) is 9.55. The quantitative estimate of drug-likeness (QED) is 0.857. The van der Waals surface area contributed by atoms with Crippen molar-refractivity contribution in [3.63, 3.8) is 0 Å². The molecular weight excluding hydrogens is 346 g/mol. The van der Waals surface area contributed by atoms with Crippen molar-refractivity contribution in [2.24, 2.45) is 0 Å². The molecule has 1 amide bonds. The number of aryl methyl sites for hydroxylation is 2. The third-order valence-corrected chi connectivity index (χ3v) is 5.25. The molecule has 8 heteroatoms. The van der Waals surface area contributed by atoms with Crippen molar-refractivity contribution in [3.05, 3.63) is 35.4 Å². The summed E-state index contributed by atoms with van der Waals surface area (Å²) in [5, 5.41) is 3.05. The summed E-state index contributed by atoms with van der Waals surface area (Å²) in [6, 6.07) is 2.21. The fourth-order valence-corrected chi connectivity index (χ4v) is 3.59. The lowest BCUT2D eigenvalue weighted by Crippen LogP contribution is -2.43. The first-order valence-corrected chi connectivity index (χ1v) is 9.55. The molecule has 2 aromatic rings. The molecule has 1 aliphatic carbocycles. The van der Waals surface area contributed by atoms with E-state index in [4.69, 9.17) is 9.15 Å². The van der Waals surface area contributed by atoms with Crippen molar-refractivity contribution >= 4 is 11.7 Å². The molecule has 144 valence electrons. The number of aromatic nitrogens is 3. The number of hydrogen-bond acceptors (Lipinski definition) is 7. The second kappa shape index (κ2) is 7.64. The SMILES string of the molecule is CCc1nc(C)c(C(=O)NC2CC(c3cc(N4CCOCC4)ncn3)C2)o1. The highest BCUT2D eigenvalue weighted by molar-refractivity contribution is 5.92. The molecule has 1 saturated carbocycles. The maximum absolute atomic E-state index is 12.4. The van der Waals surface area contributed by atoms with E-state index in [1.807, 2.05) is 6.92 Å². The number of oxazole rings is 1. The van der Waals surface area contributed by atoms with Crippen molar-refractivity contribution in [3.8, 4) is 0 Å². The standard InChI is InChI=1S/C19H25N5O3/c1-3-17-22-12(2)18(27-17)19(25)23-14-8-13(9-14)15-10-16(21-11-20-15)24-4-6-26-7-5-24/h10-11,13-14H,3-9H2,1-2H3,(H,23,25). The molecule has 27 heavy (non-hydrogen) atoms. The van der Waals surface area contributed by atoms with Crippen molar-refractivity contribution in [2.45, 2.75) is 45.1 Å². The lowest BCUT2D eigenvalue weighted by atomic mass is 9.78. The maximum Gasteiger partial charge on any atom is 0.289 e. The average Bonchev–Trinajstić information content (AvgIpc) is 3.06. The van der Waals surface area contributed by atoms with Crippen LogP contribution >= 0.6 is 0 Å². The van der Waals surface area contributed by atoms with Crippen LogP contribution in [-0.2, 0) is 11.2 Å². The zero-order valence-corrected chi connectivity index (χ0v) is 15.8. The topological polar surface area (TPSA) is 93.4 Å². The largest absolute Gasteiger partial charge is 0.435 e. The van der Waals surface area contributed by atoms with Gasteiger partial charge in [-0.1, -0.05) is 6.92 Å². The number of nitrogens with zero attached hydrogens (tertiary/aromatic N) is 4. The molecule has 1 N–H and O–H groups in total. The summed E-state index contributed by atoms with van der Waals surface area (Å²) in [6.45, 7) is 6.94. The number of amides is 1. The van der Waals surface area contributed by atoms with Crippen LogP contribution in [0.5, 0.6) is 0 Å². The molecule has 4 rings (SSSR count). The van der Waals surface area contributed by atoms with Gasteiger partial charge < -0.3 is 19.4 Å². The molecule has 0 bridgehead atoms. The van der Waals surface area contributed by atoms with Crippen molar-refractivity contribution in [1.29, 1.82) is 0 Å². The van der Waals surface area contributed by atoms with Gasteiger partial charge >= 0.3 is 0 Å². The average molecular weight is 371 g/mol. The summed E-state index contributed by atoms with van der Waals surface area (Å²) in [5.74, 6) is 2.05. The van der Waals surface area contributed by atoms with E-state index < -0.39 is 0 Å². The van der Waals surface area contributed by atoms with Gasteiger partial charge in [0.25, 0.3) is 5.91 Å². The van der Waals surface area contributed by atoms with Gasteiger partial charge in [0, 0.05) is 43.2 Å². The highest BCUT2D eigenvalue weighted by Crippen LogP contribution is 2.36. The predicted molar refractivity (Wildman–Crippen MR) is 98.9 cm³/mol. The number of ether oxygens (including phenoxy) is 1. The van der Waals surface area contributed by atoms with Crippen molar-refractivity contribution < 1.29 is 13.9 Å². The normalized spacial score (nSPS) is 22.4. The highest BCUT2D eigenvalue weighted by Gasteiger charge is 2.34. The van der Waals surface area contributed by atoms with E-state index in [2.05, 4.69) is 31.2 Å². The molecule has 8 nitrogen and oxygen atoms in total. The van der Waals surface area contributed by atoms with Crippen LogP contribution in [0.3, 0.4) is 0 Å². The Hall–Kier alpha value is -2.48. The number of hydrogen-bond donors (Lipinski definition) is 1. The van der Waals surface area contributed by atoms with E-state index in [-0.39, 0.29) is 11.9 Å². The molecule has 2 aliphatic rings. The van der Waals surface area contributed by atoms with Crippen LogP contribution < -0.4 is 10.2 Å². The summed E-state index contributed by atoms with van der Waals surface area (Å²) in [7, 11) is 0. The van der Waals surface area contributed by atoms with Crippen LogP contribution in [0.2, 0.25) is 0 Å². The molecule has 0 aromatic carbocycles. The lowest BCUT2D eigenvalue weighted by Gasteiger charge is -2.35. The van der Waals surface area contributed by atoms with Gasteiger partial charge in [-0.3, -0.25) is 4.79 Å². The molecular formula is C19H25N5O3. The van der Waals surface area contributed by atoms with Gasteiger partial charge in [-0.2, -0.15) is 0 Å². The second-order valence-corrected chi connectivity index (χ2v) is 7.11. The highest BCUT2D eigenvalue weighted by atomic mass is 16.5. The van der Waals surface area contributed by atoms with Crippen molar-refractivity contribution in [2.75, 3.05) is 31.2 Å². The van der Waals surface area contributed by atoms with Gasteiger partial charge in [-0.05, 0) is 19.8 Å². The predicted octanol–water partition coefficient (Wildman–Crippen LogP) is 1.85. The van der Waals surface area contributed by atoms with Crippen LogP contribution in [0.25, 0.3) is 0 Å². The Morgan fingerprint density at radius 3 is 2.78 bits per heavy atom. The van der Waals surface area contributed by atoms with E-state index in [0.717, 1.165) is 50.7 Å². The van der Waals surface area contributed by atoms with E-state index in [1.165, 1.54) is 0 Å². The molecule has 0 radical (unpaired) electrons. The third-order valence-electron chi connectivity index (χ3n) is 5.25. The van der Waals surface area contributed by atoms with Gasteiger partial charge in [-0.25, -0.2) is 15.0 Å². The Morgan fingerprint density at radius 2 is 2.07 bits per heavy atom. The minimum Gasteiger partial charge on any atom is -0.435 e. The molecule has 2 aromatic heterocycles. The summed E-state index contributed by atoms with van der Waals surface area (Å²) >= 11 is 0. The zero-order chi connectivity index (χ0) is 18.8. The summed E-state index contributed by atoms with van der Waals surface area (Å²) in [5.41, 5.74) is 1.69. The molecule has 3 heterocycles. The van der Waals surface area contributed by atoms with Crippen molar-refractivity contribution in [1.82, 2.24) is 20.3 Å². The Kier molecular flexibility index (Phi) is 5.07. The fraction of sp³-hybridized carbons (Fsp3) is 0.579. The van der Waals surface area contributed by atoms with E-state index in [1.54, 1.807) is 13.3 Å². The molecule has 0 unspecified atom stereocenters. The van der Waals surface area contributed by atoms with Gasteiger partial charge in [0.2, 0.25) is 5.76 Å². The third kappa shape index (κ3) is 3.80. The number of anilines is 1. The van der Waals surface area contributed by atoms with Gasteiger partial charge in [0.05, 0.1) is 18.9 Å². The Balaban J connectivity index is 1.34. The van der Waals surface area contributed by atoms with Crippen LogP contribution in [0.1, 0.15) is 53.5 Å². The molecule has 0 spiro atoms. The lowest BCUT2D eigenvalue weighted by molar-refractivity contribution is 0.0877. The summed E-state index contributed by atoms with van der Waals surface area (Å²) in [6.07, 6.45) is 4.06. The van der Waals surface area contributed by atoms with Gasteiger partial charge in [0.1, 0.15) is 12.1 Å². The van der Waals surface area contributed by atoms with E-state index >= 15 is 0 Å². The number of rotatable bonds is 5. The first kappa shape index (κ1) is 17.9. The van der Waals surface area contributed by atoms with E-state index in [0.29, 0.717) is 29.7 Å². The van der Waals surface area contributed by atoms with Gasteiger partial charge in [-0.15, -0.1) is 0 Å². The number of morpholine rings is 1. The monoisotopic (exact) mass is 371 g/mol. The summed E-state index contributed by atoms with van der Waals surface area (Å²) < 4.78 is 10.9. The van der Waals surface area contributed by atoms with Crippen LogP contribution in [0.4, 0.5) is 5.82 Å². The molecule has 1 saturated heterocycles. The molecule has 2 fully saturated rings. The van der Waals surface area contributed by atoms with E-state index in [9.17, 15) is 4.79 Å². The smallest absolute Gasteiger partial charge is 0.289 e. The first-order chi connectivity index (χ1) is 13.1. The number of carbonyl (C=O) groups is 1.